The SMILES string of the molecule is CCC1CC1NC(=O)c1n[nH]c(C)n1. The second-order valence-corrected chi connectivity index (χ2v) is 3.73. The molecule has 2 atom stereocenters. The van der Waals surface area contributed by atoms with Gasteiger partial charge in [0.15, 0.2) is 0 Å². The fourth-order valence-corrected chi connectivity index (χ4v) is 1.55. The van der Waals surface area contributed by atoms with E-state index >= 15 is 0 Å². The second-order valence-electron chi connectivity index (χ2n) is 3.73. The number of hydrogen-bond acceptors (Lipinski definition) is 3. The molecule has 1 aliphatic carbocycles. The van der Waals surface area contributed by atoms with E-state index in [1.165, 1.54) is 0 Å². The quantitative estimate of drug-likeness (QED) is 0.741. The highest BCUT2D eigenvalue weighted by Gasteiger charge is 2.37. The van der Waals surface area contributed by atoms with Gasteiger partial charge in [-0.2, -0.15) is 0 Å². The van der Waals surface area contributed by atoms with Gasteiger partial charge in [0.2, 0.25) is 5.82 Å². The number of hydrogen-bond donors (Lipinski definition) is 2. The minimum absolute atomic E-state index is 0.171. The maximum absolute atomic E-state index is 11.5. The van der Waals surface area contributed by atoms with Crippen LogP contribution in [0.2, 0.25) is 0 Å². The van der Waals surface area contributed by atoms with Crippen LogP contribution in [0.3, 0.4) is 0 Å². The van der Waals surface area contributed by atoms with Crippen molar-refractivity contribution in [2.24, 2.45) is 5.92 Å². The maximum atomic E-state index is 11.5. The van der Waals surface area contributed by atoms with E-state index in [4.69, 9.17) is 0 Å². The van der Waals surface area contributed by atoms with Gasteiger partial charge in [-0.25, -0.2) is 4.98 Å². The first-order chi connectivity index (χ1) is 6.70. The monoisotopic (exact) mass is 194 g/mol. The van der Waals surface area contributed by atoms with Crippen molar-refractivity contribution in [1.29, 1.82) is 0 Å². The summed E-state index contributed by atoms with van der Waals surface area (Å²) in [6, 6.07) is 0.339. The van der Waals surface area contributed by atoms with Crippen LogP contribution >= 0.6 is 0 Å². The van der Waals surface area contributed by atoms with Gasteiger partial charge >= 0.3 is 0 Å². The summed E-state index contributed by atoms with van der Waals surface area (Å²) in [7, 11) is 0. The Labute approximate surface area is 82.3 Å². The zero-order chi connectivity index (χ0) is 10.1. The Morgan fingerprint density at radius 1 is 1.71 bits per heavy atom. The molecule has 14 heavy (non-hydrogen) atoms. The molecule has 1 aromatic heterocycles. The van der Waals surface area contributed by atoms with Gasteiger partial charge in [0.05, 0.1) is 0 Å². The first-order valence-corrected chi connectivity index (χ1v) is 4.90. The lowest BCUT2D eigenvalue weighted by molar-refractivity contribution is 0.0939. The van der Waals surface area contributed by atoms with E-state index in [1.807, 2.05) is 0 Å². The van der Waals surface area contributed by atoms with Gasteiger partial charge in [0.1, 0.15) is 5.82 Å². The van der Waals surface area contributed by atoms with E-state index in [-0.39, 0.29) is 11.7 Å². The van der Waals surface area contributed by atoms with E-state index in [9.17, 15) is 4.79 Å². The summed E-state index contributed by atoms with van der Waals surface area (Å²) in [6.07, 6.45) is 2.21. The molecule has 2 unspecified atom stereocenters. The molecule has 5 nitrogen and oxygen atoms in total. The molecule has 1 aliphatic rings. The maximum Gasteiger partial charge on any atom is 0.291 e. The number of amides is 1. The Hall–Kier alpha value is -1.39. The van der Waals surface area contributed by atoms with Gasteiger partial charge in [0, 0.05) is 6.04 Å². The first kappa shape index (κ1) is 9.18. The summed E-state index contributed by atoms with van der Waals surface area (Å²) in [4.78, 5) is 15.5. The third kappa shape index (κ3) is 1.76. The molecule has 5 heteroatoms. The number of aromatic nitrogens is 3. The van der Waals surface area contributed by atoms with Gasteiger partial charge in [-0.3, -0.25) is 9.89 Å². The Morgan fingerprint density at radius 3 is 3.00 bits per heavy atom. The highest BCUT2D eigenvalue weighted by atomic mass is 16.2. The summed E-state index contributed by atoms with van der Waals surface area (Å²) >= 11 is 0. The number of carbonyl (C=O) groups excluding carboxylic acids is 1. The largest absolute Gasteiger partial charge is 0.346 e. The summed E-state index contributed by atoms with van der Waals surface area (Å²) < 4.78 is 0. The van der Waals surface area contributed by atoms with Crippen LogP contribution in [0.4, 0.5) is 0 Å². The van der Waals surface area contributed by atoms with Gasteiger partial charge in [-0.05, 0) is 19.3 Å². The topological polar surface area (TPSA) is 70.7 Å². The van der Waals surface area contributed by atoms with Crippen LogP contribution in [0, 0.1) is 12.8 Å². The average molecular weight is 194 g/mol. The van der Waals surface area contributed by atoms with Crippen molar-refractivity contribution in [2.45, 2.75) is 32.7 Å². The molecule has 1 amide bonds. The first-order valence-electron chi connectivity index (χ1n) is 4.90. The third-order valence-corrected chi connectivity index (χ3v) is 2.56. The number of nitrogens with zero attached hydrogens (tertiary/aromatic N) is 2. The Bertz CT molecular complexity index is 346. The number of rotatable bonds is 3. The fraction of sp³-hybridized carbons (Fsp3) is 0.667. The molecule has 0 saturated heterocycles. The minimum Gasteiger partial charge on any atom is -0.346 e. The molecular weight excluding hydrogens is 180 g/mol. The van der Waals surface area contributed by atoms with Gasteiger partial charge in [0.25, 0.3) is 5.91 Å². The summed E-state index contributed by atoms with van der Waals surface area (Å²) in [6.45, 7) is 3.91. The number of H-pyrrole nitrogens is 1. The van der Waals surface area contributed by atoms with Crippen LogP contribution in [-0.4, -0.2) is 27.1 Å². The van der Waals surface area contributed by atoms with Crippen LogP contribution < -0.4 is 5.32 Å². The molecule has 1 saturated carbocycles. The van der Waals surface area contributed by atoms with Crippen LogP contribution in [0.1, 0.15) is 36.2 Å². The molecule has 1 fully saturated rings. The highest BCUT2D eigenvalue weighted by Crippen LogP contribution is 2.33. The molecule has 0 radical (unpaired) electrons. The van der Waals surface area contributed by atoms with Crippen molar-refractivity contribution < 1.29 is 4.79 Å². The molecule has 0 aliphatic heterocycles. The predicted molar refractivity (Wildman–Crippen MR) is 50.8 cm³/mol. The minimum atomic E-state index is -0.171. The van der Waals surface area contributed by atoms with Crippen molar-refractivity contribution in [3.63, 3.8) is 0 Å². The molecule has 1 aromatic rings. The smallest absolute Gasteiger partial charge is 0.291 e. The highest BCUT2D eigenvalue weighted by molar-refractivity contribution is 5.90. The Balaban J connectivity index is 1.91. The Morgan fingerprint density at radius 2 is 2.50 bits per heavy atom. The summed E-state index contributed by atoms with van der Waals surface area (Å²) in [5.41, 5.74) is 0. The van der Waals surface area contributed by atoms with Crippen molar-refractivity contribution in [3.8, 4) is 0 Å². The van der Waals surface area contributed by atoms with Crippen molar-refractivity contribution in [2.75, 3.05) is 0 Å². The summed E-state index contributed by atoms with van der Waals surface area (Å²) in [5.74, 6) is 1.39. The van der Waals surface area contributed by atoms with Crippen molar-refractivity contribution >= 4 is 5.91 Å². The molecule has 76 valence electrons. The molecular formula is C9H14N4O. The fourth-order valence-electron chi connectivity index (χ4n) is 1.55. The molecule has 1 heterocycles. The zero-order valence-corrected chi connectivity index (χ0v) is 8.37. The van der Waals surface area contributed by atoms with Gasteiger partial charge in [-0.15, -0.1) is 5.10 Å². The van der Waals surface area contributed by atoms with Crippen LogP contribution in [0.25, 0.3) is 0 Å². The predicted octanol–water partition coefficient (Wildman–Crippen LogP) is 0.641. The van der Waals surface area contributed by atoms with Crippen LogP contribution in [0.5, 0.6) is 0 Å². The molecule has 0 bridgehead atoms. The van der Waals surface area contributed by atoms with Crippen molar-refractivity contribution in [3.05, 3.63) is 11.6 Å². The third-order valence-electron chi connectivity index (χ3n) is 2.56. The number of aryl methyl sites for hydroxylation is 1. The van der Waals surface area contributed by atoms with Crippen LogP contribution in [-0.2, 0) is 0 Å². The summed E-state index contributed by atoms with van der Waals surface area (Å²) in [5, 5.41) is 9.35. The molecule has 2 rings (SSSR count). The Kier molecular flexibility index (Phi) is 2.23. The number of carbonyl (C=O) groups is 1. The van der Waals surface area contributed by atoms with Crippen molar-refractivity contribution in [1.82, 2.24) is 20.5 Å². The van der Waals surface area contributed by atoms with E-state index in [1.54, 1.807) is 6.92 Å². The molecule has 0 spiro atoms. The lowest BCUT2D eigenvalue weighted by Crippen LogP contribution is -2.27. The van der Waals surface area contributed by atoms with E-state index in [2.05, 4.69) is 27.4 Å². The lowest BCUT2D eigenvalue weighted by atomic mass is 10.3. The molecule has 2 N–H and O–H groups in total. The molecule has 0 aromatic carbocycles. The average Bonchev–Trinajstić information content (AvgIpc) is 2.77. The van der Waals surface area contributed by atoms with E-state index in [0.717, 1.165) is 12.8 Å². The van der Waals surface area contributed by atoms with Crippen LogP contribution in [0.15, 0.2) is 0 Å². The van der Waals surface area contributed by atoms with Gasteiger partial charge in [-0.1, -0.05) is 13.3 Å². The lowest BCUT2D eigenvalue weighted by Gasteiger charge is -1.99. The second kappa shape index (κ2) is 3.40. The van der Waals surface area contributed by atoms with Gasteiger partial charge < -0.3 is 5.32 Å². The zero-order valence-electron chi connectivity index (χ0n) is 8.37. The standard InChI is InChI=1S/C9H14N4O/c1-3-6-4-7(6)11-9(14)8-10-5(2)12-13-8/h6-7H,3-4H2,1-2H3,(H,11,14)(H,10,12,13). The number of nitrogens with one attached hydrogen (secondary N) is 2. The normalized spacial score (nSPS) is 24.7. The van der Waals surface area contributed by atoms with E-state index < -0.39 is 0 Å². The van der Waals surface area contributed by atoms with E-state index in [0.29, 0.717) is 17.8 Å². The number of aromatic amines is 1.